The van der Waals surface area contributed by atoms with Crippen LogP contribution in [0.5, 0.6) is 0 Å². The molecule has 12 heteroatoms. The molecule has 1 fully saturated rings. The molecule has 1 aliphatic heterocycles. The van der Waals surface area contributed by atoms with Gasteiger partial charge in [0, 0.05) is 36.7 Å². The quantitative estimate of drug-likeness (QED) is 0.361. The molecule has 1 saturated heterocycles. The van der Waals surface area contributed by atoms with E-state index in [1.807, 2.05) is 18.2 Å². The second-order valence-electron chi connectivity index (χ2n) is 10.6. The summed E-state index contributed by atoms with van der Waals surface area (Å²) in [6.07, 6.45) is -5.49. The Morgan fingerprint density at radius 2 is 1.77 bits per heavy atom. The van der Waals surface area contributed by atoms with Crippen LogP contribution in [0.3, 0.4) is 0 Å². The van der Waals surface area contributed by atoms with Gasteiger partial charge in [0.2, 0.25) is 17.4 Å². The Morgan fingerprint density at radius 3 is 2.44 bits per heavy atom. The Kier molecular flexibility index (Phi) is 7.72. The minimum Gasteiger partial charge on any atom is -0.427 e. The fraction of sp³-hybridized carbons (Fsp3) is 0.290. The summed E-state index contributed by atoms with van der Waals surface area (Å²) < 4.78 is 60.0. The van der Waals surface area contributed by atoms with E-state index in [-0.39, 0.29) is 17.9 Å². The molecule has 2 atom stereocenters. The van der Waals surface area contributed by atoms with Crippen molar-refractivity contribution in [1.82, 2.24) is 9.80 Å². The first-order chi connectivity index (χ1) is 20.3. The highest BCUT2D eigenvalue weighted by atomic mass is 19.4. The van der Waals surface area contributed by atoms with Crippen LogP contribution < -0.4 is 5.32 Å². The molecule has 0 saturated carbocycles. The highest BCUT2D eigenvalue weighted by Gasteiger charge is 2.58. The summed E-state index contributed by atoms with van der Waals surface area (Å²) in [6.45, 7) is 0.708. The fourth-order valence-corrected chi connectivity index (χ4v) is 5.48. The first-order valence-electron chi connectivity index (χ1n) is 13.5. The smallest absolute Gasteiger partial charge is 0.418 e. The number of hydrogen-bond donors (Lipinski definition) is 1. The molecule has 224 valence electrons. The SMILES string of the molecule is CC(=O)Nc1ccccc1-c1ccc2c(c1)CC[C@@]21OC(=O)N(CC(=O)N(Cc2ccc(F)cc2)[C@@H](C)C(F)(F)F)C1=O. The molecule has 1 heterocycles. The van der Waals surface area contributed by atoms with Crippen molar-refractivity contribution < 1.29 is 41.5 Å². The first-order valence-corrected chi connectivity index (χ1v) is 13.5. The molecule has 43 heavy (non-hydrogen) atoms. The van der Waals surface area contributed by atoms with Crippen molar-refractivity contribution in [1.29, 1.82) is 0 Å². The van der Waals surface area contributed by atoms with Gasteiger partial charge in [0.15, 0.2) is 0 Å². The summed E-state index contributed by atoms with van der Waals surface area (Å²) in [5.41, 5.74) is 1.75. The summed E-state index contributed by atoms with van der Waals surface area (Å²) in [5.74, 6) is -2.80. The molecule has 3 aromatic rings. The Balaban J connectivity index is 1.40. The number of para-hydroxylation sites is 1. The van der Waals surface area contributed by atoms with Gasteiger partial charge in [-0.2, -0.15) is 13.2 Å². The molecule has 0 bridgehead atoms. The second-order valence-corrected chi connectivity index (χ2v) is 10.6. The average molecular weight is 598 g/mol. The van der Waals surface area contributed by atoms with Crippen molar-refractivity contribution in [2.45, 2.75) is 51.1 Å². The number of carbonyl (C=O) groups is 4. The predicted octanol–water partition coefficient (Wildman–Crippen LogP) is 5.55. The number of hydrogen-bond acceptors (Lipinski definition) is 5. The number of benzene rings is 3. The van der Waals surface area contributed by atoms with E-state index < -0.39 is 54.6 Å². The molecule has 1 spiro atoms. The third-order valence-corrected chi connectivity index (χ3v) is 7.73. The van der Waals surface area contributed by atoms with E-state index in [4.69, 9.17) is 4.74 Å². The van der Waals surface area contributed by atoms with Crippen molar-refractivity contribution in [2.24, 2.45) is 0 Å². The molecule has 4 amide bonds. The van der Waals surface area contributed by atoms with Gasteiger partial charge in [-0.1, -0.05) is 48.5 Å². The van der Waals surface area contributed by atoms with E-state index in [0.29, 0.717) is 33.0 Å². The lowest BCUT2D eigenvalue weighted by molar-refractivity contribution is -0.187. The maximum Gasteiger partial charge on any atom is 0.418 e. The second kappa shape index (κ2) is 11.2. The number of rotatable bonds is 7. The number of amides is 4. The monoisotopic (exact) mass is 597 g/mol. The van der Waals surface area contributed by atoms with Gasteiger partial charge in [0.1, 0.15) is 18.4 Å². The van der Waals surface area contributed by atoms with E-state index in [0.717, 1.165) is 30.2 Å². The maximum atomic E-state index is 13.7. The molecule has 1 aliphatic carbocycles. The van der Waals surface area contributed by atoms with Gasteiger partial charge in [-0.05, 0) is 48.2 Å². The molecule has 0 aromatic heterocycles. The van der Waals surface area contributed by atoms with Gasteiger partial charge in [-0.15, -0.1) is 0 Å². The van der Waals surface area contributed by atoms with E-state index in [1.54, 1.807) is 24.3 Å². The number of nitrogens with zero attached hydrogens (tertiary/aromatic N) is 2. The van der Waals surface area contributed by atoms with Crippen molar-refractivity contribution in [2.75, 3.05) is 11.9 Å². The van der Waals surface area contributed by atoms with E-state index in [1.165, 1.54) is 19.1 Å². The number of ether oxygens (including phenoxy) is 1. The van der Waals surface area contributed by atoms with Gasteiger partial charge in [0.05, 0.1) is 0 Å². The van der Waals surface area contributed by atoms with Gasteiger partial charge < -0.3 is 15.0 Å². The van der Waals surface area contributed by atoms with Crippen LogP contribution in [-0.4, -0.2) is 52.4 Å². The zero-order valence-electron chi connectivity index (χ0n) is 23.2. The molecule has 1 N–H and O–H groups in total. The Morgan fingerprint density at radius 1 is 1.07 bits per heavy atom. The fourth-order valence-electron chi connectivity index (χ4n) is 5.48. The maximum absolute atomic E-state index is 13.7. The predicted molar refractivity (Wildman–Crippen MR) is 147 cm³/mol. The number of alkyl halides is 3. The van der Waals surface area contributed by atoms with Crippen LogP contribution in [0, 0.1) is 5.82 Å². The largest absolute Gasteiger partial charge is 0.427 e. The molecule has 5 rings (SSSR count). The molecule has 3 aromatic carbocycles. The Labute approximate surface area is 244 Å². The van der Waals surface area contributed by atoms with E-state index in [9.17, 15) is 36.7 Å². The van der Waals surface area contributed by atoms with Crippen LogP contribution in [0.25, 0.3) is 11.1 Å². The molecular weight excluding hydrogens is 570 g/mol. The standard InChI is InChI=1S/C31H27F4N3O5/c1-18(31(33,34)35)37(16-20-7-10-23(32)11-8-20)27(40)17-38-28(41)30(43-29(38)42)14-13-22-15-21(9-12-25(22)30)24-5-3-4-6-26(24)36-19(2)39/h3-12,15,18H,13-14,16-17H2,1-2H3,(H,36,39)/t18-,30+/m0/s1. The molecule has 2 aliphatic rings. The lowest BCUT2D eigenvalue weighted by Crippen LogP contribution is -2.51. The third-order valence-electron chi connectivity index (χ3n) is 7.73. The molecular formula is C31H27F4N3O5. The Hall–Kier alpha value is -4.74. The zero-order chi connectivity index (χ0) is 31.1. The van der Waals surface area contributed by atoms with Crippen molar-refractivity contribution >= 4 is 29.5 Å². The highest BCUT2D eigenvalue weighted by molar-refractivity contribution is 6.06. The number of aryl methyl sites for hydroxylation is 1. The number of anilines is 1. The van der Waals surface area contributed by atoms with Crippen LogP contribution >= 0.6 is 0 Å². The lowest BCUT2D eigenvalue weighted by Gasteiger charge is -2.31. The average Bonchev–Trinajstić information content (AvgIpc) is 3.43. The number of nitrogens with one attached hydrogen (secondary N) is 1. The van der Waals surface area contributed by atoms with Crippen molar-refractivity contribution in [3.63, 3.8) is 0 Å². The van der Waals surface area contributed by atoms with Crippen LogP contribution in [0.1, 0.15) is 37.0 Å². The highest BCUT2D eigenvalue weighted by Crippen LogP contribution is 2.46. The summed E-state index contributed by atoms with van der Waals surface area (Å²) in [6, 6.07) is 14.7. The number of carbonyl (C=O) groups excluding carboxylic acids is 4. The van der Waals surface area contributed by atoms with Crippen LogP contribution in [0.4, 0.5) is 28.0 Å². The van der Waals surface area contributed by atoms with Crippen LogP contribution in [0.2, 0.25) is 0 Å². The van der Waals surface area contributed by atoms with Gasteiger partial charge >= 0.3 is 12.3 Å². The van der Waals surface area contributed by atoms with Crippen LogP contribution in [-0.2, 0) is 37.7 Å². The number of imide groups is 1. The lowest BCUT2D eigenvalue weighted by atomic mass is 9.92. The first kappa shape index (κ1) is 29.7. The van der Waals surface area contributed by atoms with Gasteiger partial charge in [0.25, 0.3) is 5.91 Å². The van der Waals surface area contributed by atoms with E-state index in [2.05, 4.69) is 5.32 Å². The minimum atomic E-state index is -4.80. The molecule has 0 unspecified atom stereocenters. The summed E-state index contributed by atoms with van der Waals surface area (Å²) >= 11 is 0. The topological polar surface area (TPSA) is 96.0 Å². The summed E-state index contributed by atoms with van der Waals surface area (Å²) in [7, 11) is 0. The Bertz CT molecular complexity index is 1610. The van der Waals surface area contributed by atoms with Crippen LogP contribution in [0.15, 0.2) is 66.7 Å². The zero-order valence-corrected chi connectivity index (χ0v) is 23.2. The summed E-state index contributed by atoms with van der Waals surface area (Å²) in [5, 5.41) is 2.78. The van der Waals surface area contributed by atoms with Gasteiger partial charge in [-0.25, -0.2) is 14.1 Å². The molecule has 0 radical (unpaired) electrons. The normalized spacial score (nSPS) is 18.4. The summed E-state index contributed by atoms with van der Waals surface area (Å²) in [4.78, 5) is 52.5. The number of fused-ring (bicyclic) bond motifs is 2. The van der Waals surface area contributed by atoms with Gasteiger partial charge in [-0.3, -0.25) is 14.4 Å². The van der Waals surface area contributed by atoms with Crippen molar-refractivity contribution in [3.05, 3.63) is 89.2 Å². The van der Waals surface area contributed by atoms with Crippen molar-refractivity contribution in [3.8, 4) is 11.1 Å². The third kappa shape index (κ3) is 5.69. The number of halogens is 4. The molecule has 8 nitrogen and oxygen atoms in total. The van der Waals surface area contributed by atoms with E-state index >= 15 is 0 Å². The minimum absolute atomic E-state index is 0.0899.